The van der Waals surface area contributed by atoms with Crippen LogP contribution >= 0.6 is 0 Å². The van der Waals surface area contributed by atoms with Crippen LogP contribution < -0.4 is 5.32 Å². The highest BCUT2D eigenvalue weighted by Crippen LogP contribution is 2.46. The zero-order chi connectivity index (χ0) is 15.3. The highest BCUT2D eigenvalue weighted by atomic mass is 15.0. The average molecular weight is 161 g/mol. The fourth-order valence-electron chi connectivity index (χ4n) is 1.41. The van der Waals surface area contributed by atoms with Gasteiger partial charge in [0.15, 0.2) is 0 Å². The molecule has 1 heterocycles. The third-order valence-electron chi connectivity index (χ3n) is 2.03. The maximum absolute atomic E-state index is 8.40. The lowest BCUT2D eigenvalue weighted by Crippen LogP contribution is -2.35. The summed E-state index contributed by atoms with van der Waals surface area (Å²) in [5.74, 6) is -3.60. The topological polar surface area (TPSA) is 12.0 Å². The first-order valence-electron chi connectivity index (χ1n) is 7.87. The predicted molar refractivity (Wildman–Crippen MR) is 47.5 cm³/mol. The predicted octanol–water partition coefficient (Wildman–Crippen LogP) is 2.03. The molecule has 1 aliphatic carbocycles. The van der Waals surface area contributed by atoms with Gasteiger partial charge in [0.05, 0.1) is 0 Å². The van der Waals surface area contributed by atoms with E-state index in [-0.39, 0.29) is 0 Å². The van der Waals surface area contributed by atoms with Gasteiger partial charge >= 0.3 is 0 Å². The lowest BCUT2D eigenvalue weighted by Gasteiger charge is -2.34. The monoisotopic (exact) mass is 161 g/mol. The molecule has 64 valence electrons. The number of hydrogen-bond donors (Lipinski definition) is 1. The summed E-state index contributed by atoms with van der Waals surface area (Å²) in [5.41, 5.74) is -0.836. The van der Waals surface area contributed by atoms with Crippen molar-refractivity contribution in [1.82, 2.24) is 5.32 Å². The average Bonchev–Trinajstić information content (AvgIpc) is 2.25. The first kappa shape index (κ1) is 2.73. The minimum Gasteiger partial charge on any atom is -0.314 e. The summed E-state index contributed by atoms with van der Waals surface area (Å²) in [6.45, 7) is 2.51. The van der Waals surface area contributed by atoms with Crippen LogP contribution in [0.25, 0.3) is 0 Å². The maximum atomic E-state index is 8.40. The minimum atomic E-state index is -2.63. The second-order valence-electron chi connectivity index (χ2n) is 4.11. The third-order valence-corrected chi connectivity index (χ3v) is 2.03. The Bertz CT molecular complexity index is 428. The summed E-state index contributed by atoms with van der Waals surface area (Å²) in [7, 11) is 0. The molecule has 1 saturated heterocycles. The number of rotatable bonds is 0. The van der Waals surface area contributed by atoms with E-state index in [1.807, 2.05) is 0 Å². The second-order valence-corrected chi connectivity index (χ2v) is 4.11. The molecule has 1 nitrogen and oxygen atoms in total. The highest BCUT2D eigenvalue weighted by Gasteiger charge is 2.44. The van der Waals surface area contributed by atoms with Crippen LogP contribution in [0.1, 0.15) is 44.5 Å². The van der Waals surface area contributed by atoms with E-state index >= 15 is 0 Å². The molecule has 2 rings (SSSR count). The van der Waals surface area contributed by atoms with Gasteiger partial charge in [0.2, 0.25) is 0 Å². The van der Waals surface area contributed by atoms with Crippen molar-refractivity contribution in [2.45, 2.75) is 39.5 Å². The molecule has 2 aliphatic rings. The van der Waals surface area contributed by atoms with E-state index in [9.17, 15) is 0 Å². The molecule has 0 radical (unpaired) electrons. The molecule has 11 heavy (non-hydrogen) atoms. The maximum Gasteiger partial charge on any atom is 0.0465 e. The normalized spacial score (nSPS) is 81.2. The molecule has 2 fully saturated rings. The van der Waals surface area contributed by atoms with Crippen molar-refractivity contribution >= 4 is 0 Å². The van der Waals surface area contributed by atoms with Gasteiger partial charge < -0.3 is 5.32 Å². The van der Waals surface area contributed by atoms with Crippen molar-refractivity contribution in [2.24, 2.45) is 17.2 Å². The van der Waals surface area contributed by atoms with E-state index < -0.39 is 42.5 Å². The molecule has 1 saturated carbocycles. The minimum absolute atomic E-state index is 0.836. The van der Waals surface area contributed by atoms with Gasteiger partial charge in [-0.25, -0.2) is 0 Å². The van der Waals surface area contributed by atoms with Crippen LogP contribution in [0.5, 0.6) is 0 Å². The number of nitrogens with one attached hydrogen (secondary N) is 1. The molecule has 0 amide bonds. The summed E-state index contributed by atoms with van der Waals surface area (Å²) >= 11 is 0. The molecular weight excluding hydrogens is 134 g/mol. The molecule has 1 N–H and O–H groups in total. The fourth-order valence-corrected chi connectivity index (χ4v) is 1.41. The zero-order valence-corrected chi connectivity index (χ0v) is 7.08. The quantitative estimate of drug-likeness (QED) is 0.573. The van der Waals surface area contributed by atoms with Crippen LogP contribution in [0.15, 0.2) is 0 Å². The molecule has 2 bridgehead atoms. The Morgan fingerprint density at radius 3 is 2.64 bits per heavy atom. The molecule has 1 aliphatic heterocycles. The molecule has 3 unspecified atom stereocenters. The number of piperidine rings is 1. The lowest BCUT2D eigenvalue weighted by molar-refractivity contribution is 0.170. The molecule has 0 aromatic rings. The zero-order valence-electron chi connectivity index (χ0n) is 15.1. The van der Waals surface area contributed by atoms with Crippen molar-refractivity contribution in [3.8, 4) is 0 Å². The van der Waals surface area contributed by atoms with E-state index in [1.165, 1.54) is 0 Å². The first-order valence-corrected chi connectivity index (χ1v) is 3.87. The van der Waals surface area contributed by atoms with Crippen molar-refractivity contribution in [2.75, 3.05) is 6.50 Å². The van der Waals surface area contributed by atoms with E-state index in [0.717, 1.165) is 0 Å². The van der Waals surface area contributed by atoms with E-state index in [1.54, 1.807) is 20.8 Å². The van der Waals surface area contributed by atoms with Gasteiger partial charge in [-0.2, -0.15) is 0 Å². The van der Waals surface area contributed by atoms with Gasteiger partial charge in [0.1, 0.15) is 0 Å². The van der Waals surface area contributed by atoms with Crippen molar-refractivity contribution in [3.63, 3.8) is 0 Å². The van der Waals surface area contributed by atoms with E-state index in [0.29, 0.717) is 0 Å². The summed E-state index contributed by atoms with van der Waals surface area (Å²) in [6, 6.07) is -2.47. The molecule has 3 atom stereocenters. The van der Waals surface area contributed by atoms with Crippen LogP contribution in [0.3, 0.4) is 0 Å². The highest BCUT2D eigenvalue weighted by molar-refractivity contribution is 4.98. The van der Waals surface area contributed by atoms with Crippen molar-refractivity contribution in [1.29, 1.82) is 0 Å². The van der Waals surface area contributed by atoms with Crippen LogP contribution in [0.4, 0.5) is 0 Å². The van der Waals surface area contributed by atoms with E-state index in [2.05, 4.69) is 5.32 Å². The summed E-state index contributed by atoms with van der Waals surface area (Å²) in [6.07, 6.45) is -4.98. The third kappa shape index (κ3) is 1.20. The van der Waals surface area contributed by atoms with Gasteiger partial charge in [-0.3, -0.25) is 0 Å². The first-order chi connectivity index (χ1) is 8.07. The van der Waals surface area contributed by atoms with Gasteiger partial charge in [-0.15, -0.1) is 0 Å². The standard InChI is InChI=1S/C10H19N/c1-10(2,3)9-5-8-4-7(9)6-11-8/h7-9,11H,4-6H2,1-3H3/i4D2,5D2,6D2,7D,8D. The molecular formula is C10H19N. The fraction of sp³-hybridized carbons (Fsp3) is 1.00. The Morgan fingerprint density at radius 2 is 2.18 bits per heavy atom. The second kappa shape index (κ2) is 2.22. The summed E-state index contributed by atoms with van der Waals surface area (Å²) < 4.78 is 64.6. The SMILES string of the molecule is [2H]C1([2H])NC2([2H])C([2H])([2H])C(C(C)(C)C)C1([2H])C2([2H])[2H]. The Balaban J connectivity index is 2.80. The number of fused-ring (bicyclic) bond motifs is 2. The molecule has 0 spiro atoms. The van der Waals surface area contributed by atoms with E-state index in [4.69, 9.17) is 11.0 Å². The van der Waals surface area contributed by atoms with Crippen molar-refractivity contribution < 1.29 is 11.0 Å². The largest absolute Gasteiger partial charge is 0.314 e. The van der Waals surface area contributed by atoms with Crippen LogP contribution in [-0.2, 0) is 0 Å². The summed E-state index contributed by atoms with van der Waals surface area (Å²) in [5, 5.41) is 2.09. The Kier molecular flexibility index (Phi) is 0.552. The molecule has 0 aromatic carbocycles. The van der Waals surface area contributed by atoms with Gasteiger partial charge in [0, 0.05) is 17.0 Å². The van der Waals surface area contributed by atoms with Crippen molar-refractivity contribution in [3.05, 3.63) is 0 Å². The van der Waals surface area contributed by atoms with Crippen LogP contribution in [0.2, 0.25) is 0 Å². The number of hydrogen-bond acceptors (Lipinski definition) is 1. The smallest absolute Gasteiger partial charge is 0.0465 e. The van der Waals surface area contributed by atoms with Crippen LogP contribution in [0, 0.1) is 17.2 Å². The van der Waals surface area contributed by atoms with Crippen LogP contribution in [-0.4, -0.2) is 12.5 Å². The molecule has 0 aromatic heterocycles. The Hall–Kier alpha value is -0.0400. The molecule has 1 heteroatoms. The van der Waals surface area contributed by atoms with Gasteiger partial charge in [0.25, 0.3) is 0 Å². The lowest BCUT2D eigenvalue weighted by atomic mass is 9.74. The Morgan fingerprint density at radius 1 is 1.45 bits per heavy atom. The van der Waals surface area contributed by atoms with Gasteiger partial charge in [-0.05, 0) is 36.5 Å². The van der Waals surface area contributed by atoms with Gasteiger partial charge in [-0.1, -0.05) is 20.8 Å². The summed E-state index contributed by atoms with van der Waals surface area (Å²) in [4.78, 5) is 0. The Labute approximate surface area is 80.8 Å².